The Morgan fingerprint density at radius 3 is 2.57 bits per heavy atom. The molecule has 1 heterocycles. The van der Waals surface area contributed by atoms with Crippen molar-refractivity contribution in [2.24, 2.45) is 4.99 Å². The van der Waals surface area contributed by atoms with Crippen molar-refractivity contribution in [3.63, 3.8) is 0 Å². The number of benzene rings is 1. The molecule has 114 valence electrons. The molecule has 3 nitrogen and oxygen atoms in total. The van der Waals surface area contributed by atoms with Crippen molar-refractivity contribution in [1.29, 1.82) is 0 Å². The Morgan fingerprint density at radius 2 is 1.81 bits per heavy atom. The van der Waals surface area contributed by atoms with Crippen LogP contribution in [0.25, 0.3) is 0 Å². The summed E-state index contributed by atoms with van der Waals surface area (Å²) in [4.78, 5) is 4.68. The number of aliphatic hydroxyl groups is 1. The number of amidine groups is 1. The first-order chi connectivity index (χ1) is 10.3. The van der Waals surface area contributed by atoms with Gasteiger partial charge >= 0.3 is 0 Å². The maximum Gasteiger partial charge on any atom is 0.143 e. The van der Waals surface area contributed by atoms with Gasteiger partial charge in [-0.3, -0.25) is 4.99 Å². The standard InChI is InChI=1S/C18H26N2O/c21-18(13-12-16(18)15-9-5-4-6-10-15)20-17-11-7-2-1-3-8-14-19-17/h4-6,9-10,16,21H,1-3,7-8,11-14H2,(H,19,20). The summed E-state index contributed by atoms with van der Waals surface area (Å²) in [5, 5.41) is 14.3. The number of nitrogens with zero attached hydrogens (tertiary/aromatic N) is 1. The molecule has 2 unspecified atom stereocenters. The maximum absolute atomic E-state index is 10.9. The van der Waals surface area contributed by atoms with E-state index in [0.717, 1.165) is 31.6 Å². The van der Waals surface area contributed by atoms with Gasteiger partial charge < -0.3 is 10.4 Å². The van der Waals surface area contributed by atoms with Gasteiger partial charge in [0.1, 0.15) is 5.72 Å². The molecule has 0 amide bonds. The fourth-order valence-electron chi connectivity index (χ4n) is 3.42. The number of nitrogens with one attached hydrogen (secondary N) is 1. The molecule has 3 rings (SSSR count). The van der Waals surface area contributed by atoms with Crippen LogP contribution in [0.3, 0.4) is 0 Å². The van der Waals surface area contributed by atoms with Crippen LogP contribution >= 0.6 is 0 Å². The second-order valence-corrected chi connectivity index (χ2v) is 6.40. The second-order valence-electron chi connectivity index (χ2n) is 6.40. The highest BCUT2D eigenvalue weighted by molar-refractivity contribution is 5.83. The van der Waals surface area contributed by atoms with Gasteiger partial charge in [-0.25, -0.2) is 0 Å². The Balaban J connectivity index is 1.67. The van der Waals surface area contributed by atoms with E-state index in [0.29, 0.717) is 0 Å². The van der Waals surface area contributed by atoms with Crippen LogP contribution in [-0.2, 0) is 0 Å². The number of aliphatic imine (C=N–C) groups is 1. The largest absolute Gasteiger partial charge is 0.370 e. The minimum atomic E-state index is -0.797. The fraction of sp³-hybridized carbons (Fsp3) is 0.611. The third-order valence-electron chi connectivity index (χ3n) is 4.83. The van der Waals surface area contributed by atoms with E-state index in [1.807, 2.05) is 18.2 Å². The van der Waals surface area contributed by atoms with Gasteiger partial charge in [0, 0.05) is 18.9 Å². The Bertz CT molecular complexity index is 485. The SMILES string of the molecule is OC1(NC2=NCCCCCCC2)CCC1c1ccccc1. The summed E-state index contributed by atoms with van der Waals surface area (Å²) in [6, 6.07) is 10.3. The van der Waals surface area contributed by atoms with Gasteiger partial charge in [-0.2, -0.15) is 0 Å². The van der Waals surface area contributed by atoms with Crippen LogP contribution in [0.2, 0.25) is 0 Å². The fourth-order valence-corrected chi connectivity index (χ4v) is 3.42. The molecule has 1 saturated carbocycles. The molecule has 21 heavy (non-hydrogen) atoms. The zero-order chi connectivity index (χ0) is 14.5. The van der Waals surface area contributed by atoms with Gasteiger partial charge in [0.15, 0.2) is 0 Å². The molecule has 0 aromatic heterocycles. The van der Waals surface area contributed by atoms with Gasteiger partial charge in [-0.1, -0.05) is 49.6 Å². The quantitative estimate of drug-likeness (QED) is 0.816. The Kier molecular flexibility index (Phi) is 4.59. The molecule has 1 aromatic rings. The topological polar surface area (TPSA) is 44.6 Å². The van der Waals surface area contributed by atoms with Gasteiger partial charge in [0.05, 0.1) is 5.84 Å². The van der Waals surface area contributed by atoms with Crippen LogP contribution in [0.1, 0.15) is 62.8 Å². The van der Waals surface area contributed by atoms with Gasteiger partial charge in [0.25, 0.3) is 0 Å². The third kappa shape index (κ3) is 3.46. The molecule has 2 N–H and O–H groups in total. The molecular formula is C18H26N2O. The number of hydrogen-bond acceptors (Lipinski definition) is 3. The van der Waals surface area contributed by atoms with Crippen LogP contribution in [0, 0.1) is 0 Å². The molecule has 3 heteroatoms. The number of hydrogen-bond donors (Lipinski definition) is 2. The predicted octanol–water partition coefficient (Wildman–Crippen LogP) is 3.59. The molecule has 0 bridgehead atoms. The van der Waals surface area contributed by atoms with E-state index in [4.69, 9.17) is 0 Å². The summed E-state index contributed by atoms with van der Waals surface area (Å²) in [5.74, 6) is 1.20. The molecule has 2 atom stereocenters. The third-order valence-corrected chi connectivity index (χ3v) is 4.83. The summed E-state index contributed by atoms with van der Waals surface area (Å²) < 4.78 is 0. The molecule has 0 spiro atoms. The first-order valence-corrected chi connectivity index (χ1v) is 8.37. The normalized spacial score (nSPS) is 30.3. The molecule has 0 saturated heterocycles. The second kappa shape index (κ2) is 6.61. The average Bonchev–Trinajstić information content (AvgIpc) is 2.61. The lowest BCUT2D eigenvalue weighted by atomic mass is 9.71. The van der Waals surface area contributed by atoms with Crippen molar-refractivity contribution in [2.45, 2.75) is 63.0 Å². The predicted molar refractivity (Wildman–Crippen MR) is 86.5 cm³/mol. The zero-order valence-electron chi connectivity index (χ0n) is 12.7. The van der Waals surface area contributed by atoms with E-state index in [1.54, 1.807) is 0 Å². The summed E-state index contributed by atoms with van der Waals surface area (Å²) >= 11 is 0. The van der Waals surface area contributed by atoms with Gasteiger partial charge in [-0.15, -0.1) is 0 Å². The van der Waals surface area contributed by atoms with E-state index in [-0.39, 0.29) is 5.92 Å². The van der Waals surface area contributed by atoms with Crippen molar-refractivity contribution in [1.82, 2.24) is 5.32 Å². The molecule has 1 aliphatic heterocycles. The summed E-state index contributed by atoms with van der Waals surface area (Å²) in [6.45, 7) is 0.897. The van der Waals surface area contributed by atoms with Crippen molar-refractivity contribution in [3.05, 3.63) is 35.9 Å². The molecule has 0 radical (unpaired) electrons. The minimum absolute atomic E-state index is 0.189. The van der Waals surface area contributed by atoms with Crippen LogP contribution in [-0.4, -0.2) is 23.2 Å². The zero-order valence-corrected chi connectivity index (χ0v) is 12.7. The van der Waals surface area contributed by atoms with Crippen LogP contribution < -0.4 is 5.32 Å². The highest BCUT2D eigenvalue weighted by Gasteiger charge is 2.46. The Labute approximate surface area is 127 Å². The van der Waals surface area contributed by atoms with E-state index in [9.17, 15) is 5.11 Å². The first-order valence-electron chi connectivity index (χ1n) is 8.37. The average molecular weight is 286 g/mol. The highest BCUT2D eigenvalue weighted by atomic mass is 16.3. The van der Waals surface area contributed by atoms with Gasteiger partial charge in [-0.05, 0) is 31.2 Å². The molecule has 1 aliphatic carbocycles. The minimum Gasteiger partial charge on any atom is -0.370 e. The molecular weight excluding hydrogens is 260 g/mol. The van der Waals surface area contributed by atoms with Crippen LogP contribution in [0.15, 0.2) is 35.3 Å². The molecule has 2 aliphatic rings. The monoisotopic (exact) mass is 286 g/mol. The number of rotatable bonds is 2. The summed E-state index contributed by atoms with van der Waals surface area (Å²) in [5.41, 5.74) is 0.427. The summed E-state index contributed by atoms with van der Waals surface area (Å²) in [7, 11) is 0. The van der Waals surface area contributed by atoms with Crippen molar-refractivity contribution >= 4 is 5.84 Å². The lowest BCUT2D eigenvalue weighted by Crippen LogP contribution is -2.58. The highest BCUT2D eigenvalue weighted by Crippen LogP contribution is 2.44. The van der Waals surface area contributed by atoms with E-state index in [1.165, 1.54) is 37.7 Å². The van der Waals surface area contributed by atoms with E-state index >= 15 is 0 Å². The van der Waals surface area contributed by atoms with Crippen LogP contribution in [0.4, 0.5) is 0 Å². The van der Waals surface area contributed by atoms with Crippen molar-refractivity contribution in [3.8, 4) is 0 Å². The van der Waals surface area contributed by atoms with Gasteiger partial charge in [0.2, 0.25) is 0 Å². The van der Waals surface area contributed by atoms with Crippen LogP contribution in [0.5, 0.6) is 0 Å². The lowest BCUT2D eigenvalue weighted by molar-refractivity contribution is -0.0717. The summed E-state index contributed by atoms with van der Waals surface area (Å²) in [6.07, 6.45) is 9.06. The smallest absolute Gasteiger partial charge is 0.143 e. The molecule has 1 fully saturated rings. The maximum atomic E-state index is 10.9. The Hall–Kier alpha value is -1.35. The van der Waals surface area contributed by atoms with E-state index in [2.05, 4.69) is 22.4 Å². The Morgan fingerprint density at radius 1 is 1.05 bits per heavy atom. The molecule has 1 aromatic carbocycles. The first kappa shape index (κ1) is 14.6. The van der Waals surface area contributed by atoms with Crippen molar-refractivity contribution < 1.29 is 5.11 Å². The van der Waals surface area contributed by atoms with Crippen molar-refractivity contribution in [2.75, 3.05) is 6.54 Å². The van der Waals surface area contributed by atoms with E-state index < -0.39 is 5.72 Å². The lowest BCUT2D eigenvalue weighted by Gasteiger charge is -2.46.